The van der Waals surface area contributed by atoms with Gasteiger partial charge in [-0.1, -0.05) is 75.4 Å². The van der Waals surface area contributed by atoms with Crippen LogP contribution in [-0.2, 0) is 19.2 Å². The number of fused-ring (bicyclic) bond motifs is 2. The smallest absolute Gasteiger partial charge is 0.276 e. The van der Waals surface area contributed by atoms with Gasteiger partial charge in [0.05, 0.1) is 8.95 Å². The number of nitrogens with one attached hydrogen (secondary N) is 4. The Balaban J connectivity index is 1.00. The Bertz CT molecular complexity index is 1640. The Kier molecular flexibility index (Phi) is 14.3. The maximum atomic E-state index is 12.1. The predicted molar refractivity (Wildman–Crippen MR) is 195 cm³/mol. The van der Waals surface area contributed by atoms with Gasteiger partial charge >= 0.3 is 0 Å². The van der Waals surface area contributed by atoms with E-state index in [4.69, 9.17) is 9.47 Å². The lowest BCUT2D eigenvalue weighted by Gasteiger charge is -2.12. The van der Waals surface area contributed by atoms with E-state index >= 15 is 0 Å². The van der Waals surface area contributed by atoms with Crippen LogP contribution < -0.4 is 31.2 Å². The molecule has 0 heterocycles. The zero-order valence-electron chi connectivity index (χ0n) is 25.1. The molecule has 4 amide bonds. The van der Waals surface area contributed by atoms with E-state index in [0.717, 1.165) is 58.7 Å². The first-order valence-electron chi connectivity index (χ1n) is 14.8. The molecule has 0 unspecified atom stereocenters. The number of hydrazine groups is 2. The molecule has 0 aliphatic heterocycles. The third kappa shape index (κ3) is 11.5. The molecule has 0 saturated heterocycles. The summed E-state index contributed by atoms with van der Waals surface area (Å²) in [7, 11) is 0. The van der Waals surface area contributed by atoms with Gasteiger partial charge in [0.1, 0.15) is 11.5 Å². The van der Waals surface area contributed by atoms with Crippen LogP contribution in [0.4, 0.5) is 0 Å². The molecular formula is C33H32Br4N4O6. The topological polar surface area (TPSA) is 135 Å². The van der Waals surface area contributed by atoms with E-state index in [1.807, 2.05) is 48.5 Å². The molecular weight excluding hydrogens is 868 g/mol. The number of benzene rings is 4. The number of carbonyl (C=O) groups excluding carboxylic acids is 4. The van der Waals surface area contributed by atoms with Crippen molar-refractivity contribution in [3.63, 3.8) is 0 Å². The molecule has 0 aliphatic carbocycles. The van der Waals surface area contributed by atoms with Crippen molar-refractivity contribution in [2.75, 3.05) is 13.2 Å². The van der Waals surface area contributed by atoms with E-state index in [1.54, 1.807) is 12.1 Å². The first-order chi connectivity index (χ1) is 22.6. The summed E-state index contributed by atoms with van der Waals surface area (Å²) in [6.45, 7) is -0.512. The number of rotatable bonds is 14. The van der Waals surface area contributed by atoms with Crippen LogP contribution in [0.15, 0.2) is 78.6 Å². The highest BCUT2D eigenvalue weighted by Crippen LogP contribution is 2.35. The highest BCUT2D eigenvalue weighted by Gasteiger charge is 2.12. The molecule has 10 nitrogen and oxygen atoms in total. The van der Waals surface area contributed by atoms with Gasteiger partial charge in [-0.15, -0.1) is 0 Å². The second-order valence-corrected chi connectivity index (χ2v) is 13.9. The summed E-state index contributed by atoms with van der Waals surface area (Å²) >= 11 is 14.0. The van der Waals surface area contributed by atoms with Crippen LogP contribution in [0.1, 0.15) is 44.9 Å². The molecule has 4 aromatic carbocycles. The highest BCUT2D eigenvalue weighted by atomic mass is 79.9. The van der Waals surface area contributed by atoms with E-state index in [0.29, 0.717) is 24.3 Å². The number of hydrogen-bond acceptors (Lipinski definition) is 6. The first kappa shape index (κ1) is 36.6. The molecule has 0 bridgehead atoms. The number of hydrogen-bond donors (Lipinski definition) is 4. The average molecular weight is 900 g/mol. The van der Waals surface area contributed by atoms with Gasteiger partial charge in [0.15, 0.2) is 13.2 Å². The van der Waals surface area contributed by atoms with Gasteiger partial charge in [0.25, 0.3) is 11.8 Å². The molecule has 4 aromatic rings. The van der Waals surface area contributed by atoms with Crippen molar-refractivity contribution in [1.29, 1.82) is 0 Å². The molecule has 248 valence electrons. The van der Waals surface area contributed by atoms with Crippen LogP contribution >= 0.6 is 63.7 Å². The van der Waals surface area contributed by atoms with Crippen molar-refractivity contribution in [2.24, 2.45) is 0 Å². The minimum Gasteiger partial charge on any atom is -0.483 e. The van der Waals surface area contributed by atoms with Crippen LogP contribution in [0, 0.1) is 0 Å². The maximum absolute atomic E-state index is 12.1. The van der Waals surface area contributed by atoms with Gasteiger partial charge in [0, 0.05) is 21.8 Å². The van der Waals surface area contributed by atoms with E-state index in [2.05, 4.69) is 85.4 Å². The van der Waals surface area contributed by atoms with Crippen molar-refractivity contribution < 1.29 is 28.7 Å². The molecule has 14 heteroatoms. The minimum atomic E-state index is -0.477. The monoisotopic (exact) mass is 896 g/mol. The number of ether oxygens (including phenoxy) is 2. The summed E-state index contributed by atoms with van der Waals surface area (Å²) in [5.74, 6) is -0.501. The molecule has 4 N–H and O–H groups in total. The van der Waals surface area contributed by atoms with E-state index in [1.165, 1.54) is 0 Å². The number of unbranched alkanes of at least 4 members (excludes halogenated alkanes) is 4. The van der Waals surface area contributed by atoms with Gasteiger partial charge in [-0.25, -0.2) is 0 Å². The van der Waals surface area contributed by atoms with Crippen LogP contribution in [0.3, 0.4) is 0 Å². The zero-order chi connectivity index (χ0) is 33.8. The van der Waals surface area contributed by atoms with E-state index < -0.39 is 11.8 Å². The lowest BCUT2D eigenvalue weighted by atomic mass is 10.1. The van der Waals surface area contributed by atoms with Crippen LogP contribution in [0.5, 0.6) is 11.5 Å². The highest BCUT2D eigenvalue weighted by molar-refractivity contribution is 9.11. The standard InChI is InChI=1S/C33H32Br4N4O6/c34-22-10-12-24-20(16-22)8-14-26(32(24)36)46-18-30(44)40-38-28(42)6-4-2-1-3-5-7-29(43)39-41-31(45)19-47-27-15-9-21-17-23(35)11-13-25(21)33(27)37/h8-17H,1-7,18-19H2,(H,38,42)(H,39,43)(H,40,44)(H,41,45). The van der Waals surface area contributed by atoms with Gasteiger partial charge in [-0.2, -0.15) is 0 Å². The molecule has 0 atom stereocenters. The third-order valence-corrected chi connectivity index (χ3v) is 9.59. The summed E-state index contributed by atoms with van der Waals surface area (Å²) in [6, 6.07) is 19.1. The van der Waals surface area contributed by atoms with Crippen molar-refractivity contribution in [3.05, 3.63) is 78.6 Å². The van der Waals surface area contributed by atoms with E-state index in [-0.39, 0.29) is 37.9 Å². The SMILES string of the molecule is O=C(CCCCCCCC(=O)NNC(=O)COc1ccc2cc(Br)ccc2c1Br)NNC(=O)COc1ccc2cc(Br)ccc2c1Br. The Labute approximate surface area is 305 Å². The normalized spacial score (nSPS) is 10.8. The fourth-order valence-electron chi connectivity index (χ4n) is 4.57. The molecule has 0 saturated carbocycles. The minimum absolute atomic E-state index is 0.256. The summed E-state index contributed by atoms with van der Waals surface area (Å²) in [6.07, 6.45) is 4.25. The fraction of sp³-hybridized carbons (Fsp3) is 0.273. The maximum Gasteiger partial charge on any atom is 0.276 e. The molecule has 0 spiro atoms. The number of amides is 4. The van der Waals surface area contributed by atoms with Crippen molar-refractivity contribution >= 4 is 109 Å². The van der Waals surface area contributed by atoms with E-state index in [9.17, 15) is 19.2 Å². The van der Waals surface area contributed by atoms with Gasteiger partial charge in [-0.3, -0.25) is 40.9 Å². The molecule has 0 fully saturated rings. The van der Waals surface area contributed by atoms with Gasteiger partial charge < -0.3 is 9.47 Å². The molecule has 47 heavy (non-hydrogen) atoms. The quantitative estimate of drug-likeness (QED) is 0.0765. The Morgan fingerprint density at radius 3 is 1.30 bits per heavy atom. The van der Waals surface area contributed by atoms with Crippen LogP contribution in [0.25, 0.3) is 21.5 Å². The summed E-state index contributed by atoms with van der Waals surface area (Å²) in [4.78, 5) is 48.5. The van der Waals surface area contributed by atoms with Crippen LogP contribution in [0.2, 0.25) is 0 Å². The predicted octanol–water partition coefficient (Wildman–Crippen LogP) is 7.53. The second kappa shape index (κ2) is 18.4. The van der Waals surface area contributed by atoms with Crippen molar-refractivity contribution in [1.82, 2.24) is 21.7 Å². The fourth-order valence-corrected chi connectivity index (χ4v) is 6.55. The zero-order valence-corrected chi connectivity index (χ0v) is 31.4. The third-order valence-electron chi connectivity index (χ3n) is 6.97. The average Bonchev–Trinajstić information content (AvgIpc) is 3.05. The summed E-state index contributed by atoms with van der Waals surface area (Å²) < 4.78 is 14.6. The number of carbonyl (C=O) groups is 4. The molecule has 0 aliphatic rings. The van der Waals surface area contributed by atoms with Crippen molar-refractivity contribution in [2.45, 2.75) is 44.9 Å². The Hall–Kier alpha value is -3.20. The molecule has 4 rings (SSSR count). The second-order valence-electron chi connectivity index (χ2n) is 10.5. The number of halogens is 4. The first-order valence-corrected chi connectivity index (χ1v) is 17.9. The lowest BCUT2D eigenvalue weighted by molar-refractivity contribution is -0.130. The summed E-state index contributed by atoms with van der Waals surface area (Å²) in [5.41, 5.74) is 9.54. The lowest BCUT2D eigenvalue weighted by Crippen LogP contribution is -2.43. The molecule has 0 aromatic heterocycles. The molecule has 0 radical (unpaired) electrons. The largest absolute Gasteiger partial charge is 0.483 e. The van der Waals surface area contributed by atoms with Gasteiger partial charge in [0.2, 0.25) is 11.8 Å². The Morgan fingerprint density at radius 1 is 0.489 bits per heavy atom. The summed E-state index contributed by atoms with van der Waals surface area (Å²) in [5, 5.41) is 3.94. The van der Waals surface area contributed by atoms with Gasteiger partial charge in [-0.05, 0) is 103 Å². The Morgan fingerprint density at radius 2 is 0.872 bits per heavy atom. The van der Waals surface area contributed by atoms with Crippen molar-refractivity contribution in [3.8, 4) is 11.5 Å². The van der Waals surface area contributed by atoms with Crippen LogP contribution in [-0.4, -0.2) is 36.8 Å².